The van der Waals surface area contributed by atoms with Crippen molar-refractivity contribution in [2.24, 2.45) is 0 Å². The molecular weight excluding hydrogens is 222 g/mol. The second-order valence-corrected chi connectivity index (χ2v) is 5.06. The van der Waals surface area contributed by atoms with Gasteiger partial charge in [-0.25, -0.2) is 0 Å². The molecule has 18 heavy (non-hydrogen) atoms. The lowest BCUT2D eigenvalue weighted by molar-refractivity contribution is 0.149. The van der Waals surface area contributed by atoms with Crippen LogP contribution in [0.2, 0.25) is 0 Å². The highest BCUT2D eigenvalue weighted by Gasteiger charge is 2.08. The van der Waals surface area contributed by atoms with Crippen molar-refractivity contribution >= 4 is 0 Å². The molecule has 0 saturated heterocycles. The third kappa shape index (κ3) is 5.19. The van der Waals surface area contributed by atoms with Gasteiger partial charge in [0.1, 0.15) is 0 Å². The fourth-order valence-corrected chi connectivity index (χ4v) is 2.02. The molecular formula is C16H27NO. The number of hydrogen-bond donors (Lipinski definition) is 1. The van der Waals surface area contributed by atoms with E-state index in [4.69, 9.17) is 0 Å². The van der Waals surface area contributed by atoms with Gasteiger partial charge in [0.25, 0.3) is 0 Å². The van der Waals surface area contributed by atoms with Crippen molar-refractivity contribution in [1.82, 2.24) is 4.90 Å². The number of nitrogens with zero attached hydrogens (tertiary/aromatic N) is 1. The van der Waals surface area contributed by atoms with E-state index in [1.165, 1.54) is 18.4 Å². The van der Waals surface area contributed by atoms with Gasteiger partial charge in [0, 0.05) is 6.54 Å². The molecule has 1 N–H and O–H groups in total. The van der Waals surface area contributed by atoms with Crippen LogP contribution in [-0.4, -0.2) is 30.1 Å². The lowest BCUT2D eigenvalue weighted by Gasteiger charge is -2.18. The standard InChI is InChI=1S/C16H27NO/c1-4-6-12-17(3)13-11-16(18)15-9-7-14(5-2)8-10-15/h7-10,16,18H,4-6,11-13H2,1-3H3. The van der Waals surface area contributed by atoms with Crippen LogP contribution in [-0.2, 0) is 6.42 Å². The van der Waals surface area contributed by atoms with Gasteiger partial charge in [0.15, 0.2) is 0 Å². The summed E-state index contributed by atoms with van der Waals surface area (Å²) < 4.78 is 0. The van der Waals surface area contributed by atoms with Crippen molar-refractivity contribution in [3.05, 3.63) is 35.4 Å². The van der Waals surface area contributed by atoms with E-state index in [1.54, 1.807) is 0 Å². The quantitative estimate of drug-likeness (QED) is 0.763. The second kappa shape index (κ2) is 8.28. The first kappa shape index (κ1) is 15.2. The van der Waals surface area contributed by atoms with Gasteiger partial charge in [0.05, 0.1) is 6.10 Å². The molecule has 0 heterocycles. The highest BCUT2D eigenvalue weighted by Crippen LogP contribution is 2.17. The van der Waals surface area contributed by atoms with Gasteiger partial charge >= 0.3 is 0 Å². The van der Waals surface area contributed by atoms with Crippen molar-refractivity contribution in [3.63, 3.8) is 0 Å². The highest BCUT2D eigenvalue weighted by atomic mass is 16.3. The summed E-state index contributed by atoms with van der Waals surface area (Å²) in [5.41, 5.74) is 2.36. The Bertz CT molecular complexity index is 320. The molecule has 0 fully saturated rings. The number of aliphatic hydroxyl groups is 1. The Balaban J connectivity index is 2.37. The monoisotopic (exact) mass is 249 g/mol. The normalized spacial score (nSPS) is 12.9. The lowest BCUT2D eigenvalue weighted by Crippen LogP contribution is -2.22. The maximum absolute atomic E-state index is 10.1. The van der Waals surface area contributed by atoms with Crippen LogP contribution in [0.15, 0.2) is 24.3 Å². The minimum atomic E-state index is -0.333. The summed E-state index contributed by atoms with van der Waals surface area (Å²) in [6, 6.07) is 8.32. The summed E-state index contributed by atoms with van der Waals surface area (Å²) in [5.74, 6) is 0. The largest absolute Gasteiger partial charge is 0.388 e. The number of benzene rings is 1. The third-order valence-electron chi connectivity index (χ3n) is 3.45. The Kier molecular flexibility index (Phi) is 6.99. The van der Waals surface area contributed by atoms with Crippen LogP contribution in [0.25, 0.3) is 0 Å². The molecule has 1 aromatic carbocycles. The average Bonchev–Trinajstić information content (AvgIpc) is 2.42. The minimum absolute atomic E-state index is 0.333. The van der Waals surface area contributed by atoms with E-state index in [-0.39, 0.29) is 6.10 Å². The van der Waals surface area contributed by atoms with Crippen molar-refractivity contribution in [2.75, 3.05) is 20.1 Å². The SMILES string of the molecule is CCCCN(C)CCC(O)c1ccc(CC)cc1. The molecule has 1 rings (SSSR count). The summed E-state index contributed by atoms with van der Waals surface area (Å²) in [6.07, 6.45) is 3.99. The Morgan fingerprint density at radius 1 is 1.11 bits per heavy atom. The molecule has 0 spiro atoms. The number of unbranched alkanes of at least 4 members (excludes halogenated alkanes) is 1. The van der Waals surface area contributed by atoms with Crippen molar-refractivity contribution in [1.29, 1.82) is 0 Å². The molecule has 2 heteroatoms. The van der Waals surface area contributed by atoms with E-state index in [0.29, 0.717) is 0 Å². The smallest absolute Gasteiger partial charge is 0.0802 e. The zero-order valence-corrected chi connectivity index (χ0v) is 12.0. The van der Waals surface area contributed by atoms with Gasteiger partial charge in [-0.2, -0.15) is 0 Å². The van der Waals surface area contributed by atoms with Crippen molar-refractivity contribution in [2.45, 2.75) is 45.6 Å². The maximum atomic E-state index is 10.1. The molecule has 0 bridgehead atoms. The summed E-state index contributed by atoms with van der Waals surface area (Å²) in [6.45, 7) is 6.43. The molecule has 0 aromatic heterocycles. The first-order valence-corrected chi connectivity index (χ1v) is 7.12. The lowest BCUT2D eigenvalue weighted by atomic mass is 10.0. The molecule has 2 nitrogen and oxygen atoms in total. The van der Waals surface area contributed by atoms with Crippen LogP contribution >= 0.6 is 0 Å². The second-order valence-electron chi connectivity index (χ2n) is 5.06. The van der Waals surface area contributed by atoms with Gasteiger partial charge < -0.3 is 10.0 Å². The van der Waals surface area contributed by atoms with Crippen LogP contribution in [0.1, 0.15) is 50.3 Å². The van der Waals surface area contributed by atoms with E-state index < -0.39 is 0 Å². The molecule has 0 aliphatic carbocycles. The van der Waals surface area contributed by atoms with E-state index >= 15 is 0 Å². The van der Waals surface area contributed by atoms with Crippen LogP contribution in [0.5, 0.6) is 0 Å². The molecule has 1 atom stereocenters. The number of aliphatic hydroxyl groups excluding tert-OH is 1. The predicted molar refractivity (Wildman–Crippen MR) is 77.8 cm³/mol. The third-order valence-corrected chi connectivity index (χ3v) is 3.45. The number of rotatable bonds is 8. The van der Waals surface area contributed by atoms with E-state index in [1.807, 2.05) is 0 Å². The molecule has 0 aliphatic heterocycles. The Hall–Kier alpha value is -0.860. The van der Waals surface area contributed by atoms with E-state index in [2.05, 4.69) is 50.1 Å². The highest BCUT2D eigenvalue weighted by molar-refractivity contribution is 5.24. The predicted octanol–water partition coefficient (Wildman–Crippen LogP) is 3.40. The van der Waals surface area contributed by atoms with Gasteiger partial charge in [-0.3, -0.25) is 0 Å². The number of hydrogen-bond acceptors (Lipinski definition) is 2. The Morgan fingerprint density at radius 3 is 2.33 bits per heavy atom. The number of aryl methyl sites for hydroxylation is 1. The van der Waals surface area contributed by atoms with Crippen LogP contribution < -0.4 is 0 Å². The van der Waals surface area contributed by atoms with E-state index in [0.717, 1.165) is 31.5 Å². The fourth-order valence-electron chi connectivity index (χ4n) is 2.02. The Labute approximate surface area is 112 Å². The minimum Gasteiger partial charge on any atom is -0.388 e. The Morgan fingerprint density at radius 2 is 1.78 bits per heavy atom. The first-order valence-electron chi connectivity index (χ1n) is 7.12. The molecule has 102 valence electrons. The maximum Gasteiger partial charge on any atom is 0.0802 e. The topological polar surface area (TPSA) is 23.5 Å². The summed E-state index contributed by atoms with van der Waals surface area (Å²) in [4.78, 5) is 2.30. The van der Waals surface area contributed by atoms with Crippen molar-refractivity contribution < 1.29 is 5.11 Å². The van der Waals surface area contributed by atoms with Crippen LogP contribution in [0.3, 0.4) is 0 Å². The molecule has 1 aromatic rings. The zero-order chi connectivity index (χ0) is 13.4. The summed E-state index contributed by atoms with van der Waals surface area (Å²) in [7, 11) is 2.13. The van der Waals surface area contributed by atoms with E-state index in [9.17, 15) is 5.11 Å². The summed E-state index contributed by atoms with van der Waals surface area (Å²) >= 11 is 0. The van der Waals surface area contributed by atoms with Gasteiger partial charge in [-0.15, -0.1) is 0 Å². The van der Waals surface area contributed by atoms with Gasteiger partial charge in [0.2, 0.25) is 0 Å². The molecule has 1 unspecified atom stereocenters. The first-order chi connectivity index (χ1) is 8.67. The average molecular weight is 249 g/mol. The van der Waals surface area contributed by atoms with Crippen LogP contribution in [0, 0.1) is 0 Å². The van der Waals surface area contributed by atoms with Gasteiger partial charge in [-0.1, -0.05) is 44.5 Å². The van der Waals surface area contributed by atoms with Gasteiger partial charge in [-0.05, 0) is 44.0 Å². The summed E-state index contributed by atoms with van der Waals surface area (Å²) in [5, 5.41) is 10.1. The molecule has 0 saturated carbocycles. The zero-order valence-electron chi connectivity index (χ0n) is 12.0. The molecule has 0 amide bonds. The van der Waals surface area contributed by atoms with Crippen LogP contribution in [0.4, 0.5) is 0 Å². The van der Waals surface area contributed by atoms with Crippen molar-refractivity contribution in [3.8, 4) is 0 Å². The molecule has 0 radical (unpaired) electrons. The molecule has 0 aliphatic rings. The fraction of sp³-hybridized carbons (Fsp3) is 0.625.